The second kappa shape index (κ2) is 9.26. The molecule has 0 unspecified atom stereocenters. The van der Waals surface area contributed by atoms with Gasteiger partial charge in [-0.1, -0.05) is 54.6 Å². The van der Waals surface area contributed by atoms with Crippen LogP contribution in [0, 0.1) is 13.8 Å². The molecule has 3 aromatic rings. The molecule has 0 aliphatic carbocycles. The van der Waals surface area contributed by atoms with Gasteiger partial charge in [0.1, 0.15) is 0 Å². The Morgan fingerprint density at radius 2 is 1.60 bits per heavy atom. The summed E-state index contributed by atoms with van der Waals surface area (Å²) in [6.45, 7) is 8.37. The number of likely N-dealkylation sites (tertiary alicyclic amines) is 1. The smallest absolute Gasteiger partial charge is 0.255 e. The average Bonchev–Trinajstić information content (AvgIpc) is 3.36. The highest BCUT2D eigenvalue weighted by Crippen LogP contribution is 2.18. The highest BCUT2D eigenvalue weighted by molar-refractivity contribution is 5.96. The van der Waals surface area contributed by atoms with Crippen molar-refractivity contribution >= 4 is 5.91 Å². The molecule has 1 N–H and O–H groups in total. The number of carbonyl (C=O) groups excluding carboxylic acids is 1. The van der Waals surface area contributed by atoms with E-state index in [0.29, 0.717) is 18.7 Å². The normalized spacial score (nSPS) is 14.2. The molecule has 1 aliphatic heterocycles. The van der Waals surface area contributed by atoms with Crippen LogP contribution >= 0.6 is 0 Å². The van der Waals surface area contributed by atoms with Crippen LogP contribution < -0.4 is 5.32 Å². The summed E-state index contributed by atoms with van der Waals surface area (Å²) in [5.74, 6) is -0.0553. The predicted octanol–water partition coefficient (Wildman–Crippen LogP) is 4.07. The van der Waals surface area contributed by atoms with Gasteiger partial charge in [0.05, 0.1) is 17.8 Å². The first-order valence-electron chi connectivity index (χ1n) is 10.8. The van der Waals surface area contributed by atoms with Gasteiger partial charge < -0.3 is 5.32 Å². The molecule has 156 valence electrons. The van der Waals surface area contributed by atoms with Gasteiger partial charge in [-0.3, -0.25) is 14.4 Å². The molecule has 1 fully saturated rings. The van der Waals surface area contributed by atoms with E-state index in [1.54, 1.807) is 0 Å². The van der Waals surface area contributed by atoms with E-state index < -0.39 is 0 Å². The van der Waals surface area contributed by atoms with Crippen LogP contribution in [0.5, 0.6) is 0 Å². The first kappa shape index (κ1) is 20.4. The lowest BCUT2D eigenvalue weighted by molar-refractivity contribution is 0.0949. The summed E-state index contributed by atoms with van der Waals surface area (Å²) in [6.07, 6.45) is 2.56. The SMILES string of the molecule is Cc1nn(Cc2ccccc2)c(C)c1C(=O)NCc1ccccc1CN1CCCC1. The maximum atomic E-state index is 13.0. The Morgan fingerprint density at radius 3 is 2.33 bits per heavy atom. The number of benzene rings is 2. The van der Waals surface area contributed by atoms with Gasteiger partial charge in [0.2, 0.25) is 0 Å². The number of rotatable bonds is 7. The lowest BCUT2D eigenvalue weighted by Crippen LogP contribution is -2.26. The average molecular weight is 403 g/mol. The van der Waals surface area contributed by atoms with Crippen molar-refractivity contribution in [1.29, 1.82) is 0 Å². The summed E-state index contributed by atoms with van der Waals surface area (Å²) in [5, 5.41) is 7.75. The Morgan fingerprint density at radius 1 is 0.933 bits per heavy atom. The molecule has 30 heavy (non-hydrogen) atoms. The molecule has 4 rings (SSSR count). The highest BCUT2D eigenvalue weighted by Gasteiger charge is 2.19. The van der Waals surface area contributed by atoms with E-state index in [1.165, 1.54) is 42.6 Å². The zero-order valence-corrected chi connectivity index (χ0v) is 17.9. The summed E-state index contributed by atoms with van der Waals surface area (Å²) in [7, 11) is 0. The van der Waals surface area contributed by atoms with Crippen molar-refractivity contribution in [2.75, 3.05) is 13.1 Å². The van der Waals surface area contributed by atoms with E-state index in [-0.39, 0.29) is 5.91 Å². The van der Waals surface area contributed by atoms with E-state index in [4.69, 9.17) is 0 Å². The molecule has 0 spiro atoms. The summed E-state index contributed by atoms with van der Waals surface area (Å²) in [4.78, 5) is 15.5. The molecule has 5 heteroatoms. The van der Waals surface area contributed by atoms with Gasteiger partial charge in [0.15, 0.2) is 0 Å². The number of carbonyl (C=O) groups is 1. The molecule has 5 nitrogen and oxygen atoms in total. The highest BCUT2D eigenvalue weighted by atomic mass is 16.1. The molecule has 1 amide bonds. The second-order valence-electron chi connectivity index (χ2n) is 8.12. The lowest BCUT2D eigenvalue weighted by atomic mass is 10.1. The standard InChI is InChI=1S/C25H30N4O/c1-19-24(20(2)29(27-19)17-21-10-4-3-5-11-21)25(30)26-16-22-12-6-7-13-23(22)18-28-14-8-9-15-28/h3-7,10-13H,8-9,14-18H2,1-2H3,(H,26,30). The molecule has 1 aromatic heterocycles. The lowest BCUT2D eigenvalue weighted by Gasteiger charge is -2.17. The maximum absolute atomic E-state index is 13.0. The van der Waals surface area contributed by atoms with Crippen LogP contribution in [0.15, 0.2) is 54.6 Å². The minimum absolute atomic E-state index is 0.0553. The molecule has 0 radical (unpaired) electrons. The molecule has 2 aromatic carbocycles. The van der Waals surface area contributed by atoms with E-state index in [1.807, 2.05) is 42.8 Å². The number of hydrogen-bond donors (Lipinski definition) is 1. The van der Waals surface area contributed by atoms with Crippen molar-refractivity contribution in [2.45, 2.75) is 46.3 Å². The number of hydrogen-bond acceptors (Lipinski definition) is 3. The zero-order chi connectivity index (χ0) is 20.9. The second-order valence-corrected chi connectivity index (χ2v) is 8.12. The summed E-state index contributed by atoms with van der Waals surface area (Å²) >= 11 is 0. The third kappa shape index (κ3) is 4.62. The molecule has 2 heterocycles. The van der Waals surface area contributed by atoms with Crippen molar-refractivity contribution in [3.63, 3.8) is 0 Å². The number of aryl methyl sites for hydroxylation is 1. The first-order chi connectivity index (χ1) is 14.6. The predicted molar refractivity (Wildman–Crippen MR) is 119 cm³/mol. The van der Waals surface area contributed by atoms with Gasteiger partial charge in [0, 0.05) is 18.8 Å². The number of nitrogens with one attached hydrogen (secondary N) is 1. The molecule has 1 aliphatic rings. The van der Waals surface area contributed by atoms with Crippen LogP contribution in [0.3, 0.4) is 0 Å². The molecular formula is C25H30N4O. The quantitative estimate of drug-likeness (QED) is 0.648. The van der Waals surface area contributed by atoms with Crippen LogP contribution in [-0.2, 0) is 19.6 Å². The van der Waals surface area contributed by atoms with Crippen LogP contribution in [0.2, 0.25) is 0 Å². The fourth-order valence-corrected chi connectivity index (χ4v) is 4.27. The van der Waals surface area contributed by atoms with Crippen LogP contribution in [-0.4, -0.2) is 33.7 Å². The van der Waals surface area contributed by atoms with E-state index in [9.17, 15) is 4.79 Å². The monoisotopic (exact) mass is 402 g/mol. The van der Waals surface area contributed by atoms with Gasteiger partial charge in [0.25, 0.3) is 5.91 Å². The van der Waals surface area contributed by atoms with Crippen molar-refractivity contribution in [1.82, 2.24) is 20.0 Å². The van der Waals surface area contributed by atoms with Crippen molar-refractivity contribution in [3.05, 3.63) is 88.2 Å². The van der Waals surface area contributed by atoms with E-state index in [2.05, 4.69) is 45.6 Å². The Bertz CT molecular complexity index is 1000. The zero-order valence-electron chi connectivity index (χ0n) is 17.9. The Kier molecular flexibility index (Phi) is 6.29. The molecule has 0 bridgehead atoms. The van der Waals surface area contributed by atoms with Crippen LogP contribution in [0.1, 0.15) is 51.3 Å². The Hall–Kier alpha value is -2.92. The van der Waals surface area contributed by atoms with E-state index >= 15 is 0 Å². The Labute approximate surface area is 178 Å². The van der Waals surface area contributed by atoms with Gasteiger partial charge in [-0.25, -0.2) is 0 Å². The first-order valence-corrected chi connectivity index (χ1v) is 10.8. The summed E-state index contributed by atoms with van der Waals surface area (Å²) < 4.78 is 1.92. The minimum Gasteiger partial charge on any atom is -0.348 e. The third-order valence-electron chi connectivity index (χ3n) is 5.93. The summed E-state index contributed by atoms with van der Waals surface area (Å²) in [5.41, 5.74) is 6.01. The van der Waals surface area contributed by atoms with Crippen molar-refractivity contribution in [2.24, 2.45) is 0 Å². The van der Waals surface area contributed by atoms with Gasteiger partial charge in [-0.15, -0.1) is 0 Å². The van der Waals surface area contributed by atoms with Crippen molar-refractivity contribution in [3.8, 4) is 0 Å². The van der Waals surface area contributed by atoms with Gasteiger partial charge >= 0.3 is 0 Å². The van der Waals surface area contributed by atoms with E-state index in [0.717, 1.165) is 17.9 Å². The molecule has 1 saturated heterocycles. The largest absolute Gasteiger partial charge is 0.348 e. The van der Waals surface area contributed by atoms with Crippen molar-refractivity contribution < 1.29 is 4.79 Å². The van der Waals surface area contributed by atoms with Crippen LogP contribution in [0.25, 0.3) is 0 Å². The maximum Gasteiger partial charge on any atom is 0.255 e. The molecule has 0 saturated carbocycles. The molecular weight excluding hydrogens is 372 g/mol. The van der Waals surface area contributed by atoms with Gasteiger partial charge in [-0.2, -0.15) is 5.10 Å². The number of amides is 1. The summed E-state index contributed by atoms with van der Waals surface area (Å²) in [6, 6.07) is 18.6. The minimum atomic E-state index is -0.0553. The fraction of sp³-hybridized carbons (Fsp3) is 0.360. The fourth-order valence-electron chi connectivity index (χ4n) is 4.27. The third-order valence-corrected chi connectivity index (χ3v) is 5.93. The van der Waals surface area contributed by atoms with Crippen LogP contribution in [0.4, 0.5) is 0 Å². The number of nitrogens with zero attached hydrogens (tertiary/aromatic N) is 3. The van der Waals surface area contributed by atoms with Gasteiger partial charge in [-0.05, 0) is 56.5 Å². The number of aromatic nitrogens is 2. The molecule has 0 atom stereocenters. The Balaban J connectivity index is 1.45. The topological polar surface area (TPSA) is 50.2 Å².